The molecule has 4 aromatic rings. The average Bonchev–Trinajstić information content (AvgIpc) is 3.39. The van der Waals surface area contributed by atoms with Gasteiger partial charge in [0.1, 0.15) is 5.82 Å². The number of hydrogen-bond donors (Lipinski definition) is 1. The first kappa shape index (κ1) is 16.4. The van der Waals surface area contributed by atoms with Gasteiger partial charge in [0.25, 0.3) is 5.91 Å². The molecule has 3 aromatic heterocycles. The standard InChI is InChI=1S/C21H18N6O/c28-21(26-13-9-15-4-1-2-6-18(15)26)17-5-3-10-23-20(17)24-14-16-7-11-22-19-8-12-25-27(16)19/h1-8,10-12H,9,13-14H2,(H,23,24). The summed E-state index contributed by atoms with van der Waals surface area (Å²) in [6, 6.07) is 15.4. The number of hydrogen-bond acceptors (Lipinski definition) is 5. The average molecular weight is 370 g/mol. The molecule has 28 heavy (non-hydrogen) atoms. The van der Waals surface area contributed by atoms with E-state index in [9.17, 15) is 4.79 Å². The van der Waals surface area contributed by atoms with Gasteiger partial charge in [0.05, 0.1) is 24.0 Å². The number of carbonyl (C=O) groups is 1. The van der Waals surface area contributed by atoms with Gasteiger partial charge in [0.2, 0.25) is 0 Å². The maximum absolute atomic E-state index is 13.2. The largest absolute Gasteiger partial charge is 0.364 e. The molecule has 0 saturated carbocycles. The molecule has 0 fully saturated rings. The molecule has 1 amide bonds. The zero-order chi connectivity index (χ0) is 18.9. The highest BCUT2D eigenvalue weighted by Gasteiger charge is 2.27. The van der Waals surface area contributed by atoms with Crippen LogP contribution in [0.1, 0.15) is 21.6 Å². The lowest BCUT2D eigenvalue weighted by atomic mass is 10.1. The second-order valence-corrected chi connectivity index (χ2v) is 6.63. The fourth-order valence-electron chi connectivity index (χ4n) is 3.61. The lowest BCUT2D eigenvalue weighted by molar-refractivity contribution is 0.0990. The van der Waals surface area contributed by atoms with E-state index in [4.69, 9.17) is 0 Å². The smallest absolute Gasteiger partial charge is 0.262 e. The molecule has 0 atom stereocenters. The van der Waals surface area contributed by atoms with Gasteiger partial charge in [-0.2, -0.15) is 5.10 Å². The molecule has 7 heteroatoms. The topological polar surface area (TPSA) is 75.4 Å². The first-order valence-electron chi connectivity index (χ1n) is 9.17. The summed E-state index contributed by atoms with van der Waals surface area (Å²) in [4.78, 5) is 23.7. The quantitative estimate of drug-likeness (QED) is 0.598. The van der Waals surface area contributed by atoms with Gasteiger partial charge in [-0.1, -0.05) is 18.2 Å². The van der Waals surface area contributed by atoms with Crippen LogP contribution < -0.4 is 10.2 Å². The molecule has 0 radical (unpaired) electrons. The predicted octanol–water partition coefficient (Wildman–Crippen LogP) is 2.94. The second-order valence-electron chi connectivity index (χ2n) is 6.63. The minimum absolute atomic E-state index is 0.0421. The van der Waals surface area contributed by atoms with E-state index in [0.29, 0.717) is 24.5 Å². The van der Waals surface area contributed by atoms with Crippen molar-refractivity contribution in [3.8, 4) is 0 Å². The summed E-state index contributed by atoms with van der Waals surface area (Å²) in [5, 5.41) is 7.59. The van der Waals surface area contributed by atoms with Gasteiger partial charge in [0.15, 0.2) is 5.65 Å². The SMILES string of the molecule is O=C(c1cccnc1NCc1ccnc2ccnn12)N1CCc2ccccc21. The molecule has 1 aliphatic rings. The van der Waals surface area contributed by atoms with Crippen LogP contribution >= 0.6 is 0 Å². The molecule has 5 rings (SSSR count). The van der Waals surface area contributed by atoms with Crippen LogP contribution in [0.15, 0.2) is 67.1 Å². The Bertz CT molecular complexity index is 1170. The van der Waals surface area contributed by atoms with Crippen LogP contribution in [-0.2, 0) is 13.0 Å². The van der Waals surface area contributed by atoms with Crippen molar-refractivity contribution in [2.75, 3.05) is 16.8 Å². The van der Waals surface area contributed by atoms with Crippen LogP contribution in [0.4, 0.5) is 11.5 Å². The van der Waals surface area contributed by atoms with Gasteiger partial charge < -0.3 is 10.2 Å². The highest BCUT2D eigenvalue weighted by molar-refractivity contribution is 6.10. The van der Waals surface area contributed by atoms with Gasteiger partial charge in [-0.15, -0.1) is 0 Å². The number of rotatable bonds is 4. The first-order chi connectivity index (χ1) is 13.8. The highest BCUT2D eigenvalue weighted by Crippen LogP contribution is 2.30. The number of benzene rings is 1. The van der Waals surface area contributed by atoms with Gasteiger partial charge in [-0.25, -0.2) is 14.5 Å². The summed E-state index contributed by atoms with van der Waals surface area (Å²) in [7, 11) is 0. The van der Waals surface area contributed by atoms with Crippen LogP contribution in [0.3, 0.4) is 0 Å². The van der Waals surface area contributed by atoms with Crippen molar-refractivity contribution in [3.63, 3.8) is 0 Å². The number of nitrogens with zero attached hydrogens (tertiary/aromatic N) is 5. The summed E-state index contributed by atoms with van der Waals surface area (Å²) < 4.78 is 1.77. The van der Waals surface area contributed by atoms with Crippen molar-refractivity contribution in [1.29, 1.82) is 0 Å². The van der Waals surface area contributed by atoms with Crippen molar-refractivity contribution in [1.82, 2.24) is 19.6 Å². The van der Waals surface area contributed by atoms with E-state index in [0.717, 1.165) is 23.4 Å². The van der Waals surface area contributed by atoms with Crippen molar-refractivity contribution in [2.24, 2.45) is 0 Å². The molecule has 138 valence electrons. The van der Waals surface area contributed by atoms with Crippen LogP contribution in [0.5, 0.6) is 0 Å². The van der Waals surface area contributed by atoms with Crippen molar-refractivity contribution < 1.29 is 4.79 Å². The van der Waals surface area contributed by atoms with E-state index in [2.05, 4.69) is 26.4 Å². The van der Waals surface area contributed by atoms with E-state index in [1.165, 1.54) is 5.56 Å². The Morgan fingerprint density at radius 3 is 2.89 bits per heavy atom. The van der Waals surface area contributed by atoms with E-state index in [1.807, 2.05) is 41.3 Å². The second kappa shape index (κ2) is 6.77. The van der Waals surface area contributed by atoms with Crippen LogP contribution in [-0.4, -0.2) is 32.0 Å². The highest BCUT2D eigenvalue weighted by atomic mass is 16.2. The van der Waals surface area contributed by atoms with E-state index in [-0.39, 0.29) is 5.91 Å². The number of nitrogens with one attached hydrogen (secondary N) is 1. The van der Waals surface area contributed by atoms with Gasteiger partial charge >= 0.3 is 0 Å². The number of anilines is 2. The molecular weight excluding hydrogens is 352 g/mol. The normalized spacial score (nSPS) is 12.9. The summed E-state index contributed by atoms with van der Waals surface area (Å²) in [6.45, 7) is 1.17. The fraction of sp³-hybridized carbons (Fsp3) is 0.143. The summed E-state index contributed by atoms with van der Waals surface area (Å²) in [5.74, 6) is 0.522. The minimum Gasteiger partial charge on any atom is -0.364 e. The molecule has 0 spiro atoms. The molecule has 4 heterocycles. The number of aromatic nitrogens is 4. The van der Waals surface area contributed by atoms with Gasteiger partial charge in [-0.05, 0) is 36.2 Å². The monoisotopic (exact) mass is 370 g/mol. The Kier molecular flexibility index (Phi) is 3.97. The molecule has 7 nitrogen and oxygen atoms in total. The van der Waals surface area contributed by atoms with Gasteiger partial charge in [0, 0.05) is 30.7 Å². The Morgan fingerprint density at radius 2 is 1.93 bits per heavy atom. The van der Waals surface area contributed by atoms with E-state index in [1.54, 1.807) is 29.2 Å². The lowest BCUT2D eigenvalue weighted by Crippen LogP contribution is -2.29. The number of amides is 1. The third-order valence-electron chi connectivity index (χ3n) is 4.98. The summed E-state index contributed by atoms with van der Waals surface area (Å²) in [6.07, 6.45) is 6.03. The third-order valence-corrected chi connectivity index (χ3v) is 4.98. The summed E-state index contributed by atoms with van der Waals surface area (Å²) in [5.41, 5.74) is 4.46. The van der Waals surface area contributed by atoms with Crippen molar-refractivity contribution in [2.45, 2.75) is 13.0 Å². The van der Waals surface area contributed by atoms with Crippen LogP contribution in [0, 0.1) is 0 Å². The molecule has 1 aromatic carbocycles. The van der Waals surface area contributed by atoms with E-state index < -0.39 is 0 Å². The lowest BCUT2D eigenvalue weighted by Gasteiger charge is -2.19. The van der Waals surface area contributed by atoms with Gasteiger partial charge in [-0.3, -0.25) is 4.79 Å². The number of pyridine rings is 1. The molecule has 1 N–H and O–H groups in total. The third kappa shape index (κ3) is 2.77. The molecule has 0 bridgehead atoms. The Balaban J connectivity index is 1.42. The summed E-state index contributed by atoms with van der Waals surface area (Å²) >= 11 is 0. The molecule has 0 saturated heterocycles. The van der Waals surface area contributed by atoms with Crippen molar-refractivity contribution in [3.05, 3.63) is 83.9 Å². The number of para-hydroxylation sites is 1. The minimum atomic E-state index is -0.0421. The molecular formula is C21H18N6O. The van der Waals surface area contributed by atoms with Crippen LogP contribution in [0.2, 0.25) is 0 Å². The van der Waals surface area contributed by atoms with Crippen LogP contribution in [0.25, 0.3) is 5.65 Å². The predicted molar refractivity (Wildman–Crippen MR) is 106 cm³/mol. The number of carbonyl (C=O) groups excluding carboxylic acids is 1. The molecule has 1 aliphatic heterocycles. The molecule has 0 aliphatic carbocycles. The Morgan fingerprint density at radius 1 is 1.00 bits per heavy atom. The number of fused-ring (bicyclic) bond motifs is 2. The maximum Gasteiger partial charge on any atom is 0.262 e. The maximum atomic E-state index is 13.2. The zero-order valence-electron chi connectivity index (χ0n) is 15.1. The molecule has 0 unspecified atom stereocenters. The van der Waals surface area contributed by atoms with E-state index >= 15 is 0 Å². The Hall–Kier alpha value is -3.74. The zero-order valence-corrected chi connectivity index (χ0v) is 15.1. The fourth-order valence-corrected chi connectivity index (χ4v) is 3.61. The first-order valence-corrected chi connectivity index (χ1v) is 9.17. The van der Waals surface area contributed by atoms with Crippen molar-refractivity contribution >= 4 is 23.1 Å². The Labute approximate surface area is 161 Å².